The Balaban J connectivity index is 1.58. The molecule has 2 aromatic rings. The Hall–Kier alpha value is -3.91. The van der Waals surface area contributed by atoms with Gasteiger partial charge in [0.25, 0.3) is 0 Å². The molecule has 0 aliphatic carbocycles. The van der Waals surface area contributed by atoms with Crippen LogP contribution >= 0.6 is 0 Å². The van der Waals surface area contributed by atoms with Crippen molar-refractivity contribution in [1.82, 2.24) is 24.7 Å². The number of ether oxygens (including phenoxy) is 2. The standard InChI is InChI=1S/C33H52N6O7Si/c1-31(2,3)46-30(43)36-33(7,8)27(40)37-17-19-38(20-18-37)28(41)34-26-14-16-39(29(42)35-26)24-13-12-23(25(22-24)44-9)15-21-45-47(10,11)32(4,5)6/h12-14,16,22H,15,17-21H2,1-11H3,(H,36,43)(H,34,35,41,42). The van der Waals surface area contributed by atoms with Crippen LogP contribution in [0.25, 0.3) is 5.69 Å². The molecule has 14 heteroatoms. The minimum absolute atomic E-state index is 0.115. The van der Waals surface area contributed by atoms with Gasteiger partial charge in [0.1, 0.15) is 22.7 Å². The van der Waals surface area contributed by atoms with E-state index in [9.17, 15) is 19.2 Å². The molecule has 1 aromatic carbocycles. The van der Waals surface area contributed by atoms with Gasteiger partial charge in [-0.3, -0.25) is 14.7 Å². The van der Waals surface area contributed by atoms with E-state index in [0.717, 1.165) is 5.56 Å². The van der Waals surface area contributed by atoms with Crippen molar-refractivity contribution in [2.75, 3.05) is 45.2 Å². The smallest absolute Gasteiger partial charge is 0.408 e. The third-order valence-corrected chi connectivity index (χ3v) is 13.0. The summed E-state index contributed by atoms with van der Waals surface area (Å²) in [4.78, 5) is 58.5. The fraction of sp³-hybridized carbons (Fsp3) is 0.606. The number of hydrogen-bond donors (Lipinski definition) is 2. The SMILES string of the molecule is COc1cc(-n2ccc(NC(=O)N3CCN(C(=O)C(C)(C)NC(=O)OC(C)(C)C)CC3)nc2=O)ccc1CCO[Si](C)(C)C(C)(C)C. The molecular weight excluding hydrogens is 620 g/mol. The van der Waals surface area contributed by atoms with Crippen molar-refractivity contribution >= 4 is 32.2 Å². The number of nitrogens with one attached hydrogen (secondary N) is 2. The van der Waals surface area contributed by atoms with E-state index in [1.165, 1.54) is 4.57 Å². The molecule has 13 nitrogen and oxygen atoms in total. The molecule has 1 aromatic heterocycles. The van der Waals surface area contributed by atoms with Crippen LogP contribution in [0.1, 0.15) is 61.0 Å². The zero-order valence-corrected chi connectivity index (χ0v) is 30.8. The Morgan fingerprint density at radius 2 is 1.55 bits per heavy atom. The van der Waals surface area contributed by atoms with E-state index in [1.807, 2.05) is 12.1 Å². The fourth-order valence-electron chi connectivity index (χ4n) is 4.70. The number of nitrogens with zero attached hydrogens (tertiary/aromatic N) is 4. The van der Waals surface area contributed by atoms with E-state index in [4.69, 9.17) is 13.9 Å². The van der Waals surface area contributed by atoms with Crippen LogP contribution in [0.5, 0.6) is 5.75 Å². The van der Waals surface area contributed by atoms with Gasteiger partial charge < -0.3 is 29.0 Å². The van der Waals surface area contributed by atoms with Crippen LogP contribution in [0.4, 0.5) is 15.4 Å². The number of urea groups is 1. The summed E-state index contributed by atoms with van der Waals surface area (Å²) in [5, 5.41) is 5.43. The van der Waals surface area contributed by atoms with Crippen LogP contribution in [0.3, 0.4) is 0 Å². The Kier molecular flexibility index (Phi) is 11.6. The second kappa shape index (κ2) is 14.5. The summed E-state index contributed by atoms with van der Waals surface area (Å²) >= 11 is 0. The topological polar surface area (TPSA) is 144 Å². The predicted molar refractivity (Wildman–Crippen MR) is 184 cm³/mol. The van der Waals surface area contributed by atoms with Crippen molar-refractivity contribution in [3.8, 4) is 11.4 Å². The lowest BCUT2D eigenvalue weighted by Gasteiger charge is -2.38. The van der Waals surface area contributed by atoms with Gasteiger partial charge in [0.15, 0.2) is 8.32 Å². The molecule has 47 heavy (non-hydrogen) atoms. The van der Waals surface area contributed by atoms with Gasteiger partial charge in [-0.25, -0.2) is 14.4 Å². The van der Waals surface area contributed by atoms with Gasteiger partial charge in [-0.05, 0) is 76.9 Å². The first-order valence-corrected chi connectivity index (χ1v) is 18.8. The zero-order valence-electron chi connectivity index (χ0n) is 29.8. The lowest BCUT2D eigenvalue weighted by molar-refractivity contribution is -0.138. The highest BCUT2D eigenvalue weighted by molar-refractivity contribution is 6.74. The minimum Gasteiger partial charge on any atom is -0.496 e. The third kappa shape index (κ3) is 10.0. The van der Waals surface area contributed by atoms with E-state index in [0.29, 0.717) is 24.5 Å². The Labute approximate surface area is 279 Å². The van der Waals surface area contributed by atoms with E-state index in [1.54, 1.807) is 69.9 Å². The Morgan fingerprint density at radius 1 is 0.936 bits per heavy atom. The van der Waals surface area contributed by atoms with Gasteiger partial charge in [0.2, 0.25) is 5.91 Å². The number of hydrogen-bond acceptors (Lipinski definition) is 8. The quantitative estimate of drug-likeness (QED) is 0.362. The number of benzene rings is 1. The molecule has 0 saturated carbocycles. The van der Waals surface area contributed by atoms with Crippen molar-refractivity contribution in [2.45, 2.75) is 91.1 Å². The average molecular weight is 673 g/mol. The van der Waals surface area contributed by atoms with Crippen LogP contribution in [-0.4, -0.2) is 96.7 Å². The lowest BCUT2D eigenvalue weighted by atomic mass is 10.0. The summed E-state index contributed by atoms with van der Waals surface area (Å²) in [6.45, 7) is 21.2. The van der Waals surface area contributed by atoms with E-state index in [-0.39, 0.29) is 42.9 Å². The summed E-state index contributed by atoms with van der Waals surface area (Å²) in [6.07, 6.45) is 1.55. The highest BCUT2D eigenvalue weighted by Crippen LogP contribution is 2.36. The molecule has 1 saturated heterocycles. The number of methoxy groups -OCH3 is 1. The molecule has 4 amide bonds. The van der Waals surface area contributed by atoms with Gasteiger partial charge in [-0.1, -0.05) is 26.8 Å². The molecule has 2 N–H and O–H groups in total. The number of carbonyl (C=O) groups is 3. The highest BCUT2D eigenvalue weighted by Gasteiger charge is 2.38. The summed E-state index contributed by atoms with van der Waals surface area (Å²) in [5.41, 5.74) is -0.887. The van der Waals surface area contributed by atoms with Crippen molar-refractivity contribution in [3.63, 3.8) is 0 Å². The van der Waals surface area contributed by atoms with E-state index in [2.05, 4.69) is 49.5 Å². The number of aromatic nitrogens is 2. The van der Waals surface area contributed by atoms with Crippen molar-refractivity contribution in [1.29, 1.82) is 0 Å². The van der Waals surface area contributed by atoms with Crippen LogP contribution < -0.4 is 21.1 Å². The minimum atomic E-state index is -1.87. The maximum Gasteiger partial charge on any atom is 0.408 e. The molecule has 1 aliphatic rings. The Morgan fingerprint density at radius 3 is 2.11 bits per heavy atom. The molecule has 1 fully saturated rings. The molecule has 0 unspecified atom stereocenters. The molecule has 260 valence electrons. The molecule has 0 bridgehead atoms. The summed E-state index contributed by atoms with van der Waals surface area (Å²) in [7, 11) is -0.279. The predicted octanol–water partition coefficient (Wildman–Crippen LogP) is 4.78. The average Bonchev–Trinajstić information content (AvgIpc) is 2.95. The number of carbonyl (C=O) groups excluding carboxylic acids is 3. The summed E-state index contributed by atoms with van der Waals surface area (Å²) < 4.78 is 18.6. The molecule has 2 heterocycles. The molecular formula is C33H52N6O7Si. The normalized spacial score (nSPS) is 14.4. The highest BCUT2D eigenvalue weighted by atomic mass is 28.4. The molecule has 0 atom stereocenters. The number of piperazine rings is 1. The zero-order chi connectivity index (χ0) is 35.4. The largest absolute Gasteiger partial charge is 0.496 e. The first-order chi connectivity index (χ1) is 21.6. The fourth-order valence-corrected chi connectivity index (χ4v) is 5.75. The Bertz CT molecular complexity index is 1500. The maximum atomic E-state index is 13.1. The summed E-state index contributed by atoms with van der Waals surface area (Å²) in [5.74, 6) is 0.480. The second-order valence-electron chi connectivity index (χ2n) is 14.8. The number of amides is 4. The molecule has 0 radical (unpaired) electrons. The van der Waals surface area contributed by atoms with Gasteiger partial charge in [-0.15, -0.1) is 0 Å². The van der Waals surface area contributed by atoms with Crippen LogP contribution in [-0.2, 0) is 20.4 Å². The third-order valence-electron chi connectivity index (χ3n) is 8.43. The molecule has 3 rings (SSSR count). The summed E-state index contributed by atoms with van der Waals surface area (Å²) in [6, 6.07) is 6.66. The first-order valence-electron chi connectivity index (χ1n) is 15.9. The van der Waals surface area contributed by atoms with Gasteiger partial charge in [0.05, 0.1) is 12.8 Å². The van der Waals surface area contributed by atoms with Crippen molar-refractivity contribution in [2.24, 2.45) is 0 Å². The second-order valence-corrected chi connectivity index (χ2v) is 19.6. The van der Waals surface area contributed by atoms with Crippen molar-refractivity contribution in [3.05, 3.63) is 46.5 Å². The van der Waals surface area contributed by atoms with Crippen molar-refractivity contribution < 1.29 is 28.3 Å². The molecule has 0 spiro atoms. The molecule has 1 aliphatic heterocycles. The van der Waals surface area contributed by atoms with Crippen LogP contribution in [0.15, 0.2) is 35.3 Å². The number of anilines is 1. The van der Waals surface area contributed by atoms with Gasteiger partial charge in [0, 0.05) is 45.0 Å². The number of alkyl carbamates (subject to hydrolysis) is 1. The lowest BCUT2D eigenvalue weighted by Crippen LogP contribution is -2.60. The van der Waals surface area contributed by atoms with Gasteiger partial charge in [-0.2, -0.15) is 4.98 Å². The maximum absolute atomic E-state index is 13.1. The van der Waals surface area contributed by atoms with E-state index < -0.39 is 37.3 Å². The van der Waals surface area contributed by atoms with Crippen LogP contribution in [0.2, 0.25) is 18.1 Å². The van der Waals surface area contributed by atoms with E-state index >= 15 is 0 Å². The number of rotatable bonds is 9. The van der Waals surface area contributed by atoms with Gasteiger partial charge >= 0.3 is 17.8 Å². The van der Waals surface area contributed by atoms with Crippen LogP contribution in [0, 0.1) is 0 Å². The monoisotopic (exact) mass is 672 g/mol. The first kappa shape index (κ1) is 37.5.